The van der Waals surface area contributed by atoms with Crippen LogP contribution in [0.15, 0.2) is 5.10 Å². The number of hydrogen-bond donors (Lipinski definition) is 2. The van der Waals surface area contributed by atoms with Crippen molar-refractivity contribution in [3.63, 3.8) is 0 Å². The second kappa shape index (κ2) is 6.62. The Morgan fingerprint density at radius 3 is 2.13 bits per heavy atom. The first-order valence-electron chi connectivity index (χ1n) is 9.04. The zero-order valence-electron chi connectivity index (χ0n) is 14.5. The van der Waals surface area contributed by atoms with Gasteiger partial charge in [0.1, 0.15) is 0 Å². The smallest absolute Gasteiger partial charge is 0.242 e. The lowest BCUT2D eigenvalue weighted by Crippen LogP contribution is -2.56. The molecule has 4 saturated carbocycles. The second-order valence-corrected chi connectivity index (χ2v) is 8.18. The summed E-state index contributed by atoms with van der Waals surface area (Å²) in [4.78, 5) is 23.8. The van der Waals surface area contributed by atoms with E-state index in [0.717, 1.165) is 11.8 Å². The van der Waals surface area contributed by atoms with E-state index in [2.05, 4.69) is 15.8 Å². The Kier molecular flexibility index (Phi) is 4.74. The number of hydrazone groups is 1. The predicted molar refractivity (Wildman–Crippen MR) is 89.7 cm³/mol. The Bertz CT molecular complexity index is 484. The standard InChI is InChI=1S/C18H29N3O2/c1-10(2)18(23)21-20-11(3)4-16(22)19-17-14-6-12-5-13(8-14)9-15(17)7-12/h10,12-15,17H,4-9H2,1-3H3,(H,19,22)(H,21,23). The van der Waals surface area contributed by atoms with Crippen molar-refractivity contribution in [1.29, 1.82) is 0 Å². The maximum atomic E-state index is 12.3. The fourth-order valence-electron chi connectivity index (χ4n) is 4.95. The van der Waals surface area contributed by atoms with Crippen LogP contribution in [-0.4, -0.2) is 23.6 Å². The molecule has 5 nitrogen and oxygen atoms in total. The molecule has 0 atom stereocenters. The summed E-state index contributed by atoms with van der Waals surface area (Å²) in [5.41, 5.74) is 3.16. The van der Waals surface area contributed by atoms with Crippen molar-refractivity contribution >= 4 is 17.5 Å². The van der Waals surface area contributed by atoms with Crippen LogP contribution in [0.2, 0.25) is 0 Å². The molecule has 4 fully saturated rings. The Morgan fingerprint density at radius 1 is 1.04 bits per heavy atom. The third-order valence-corrected chi connectivity index (χ3v) is 5.85. The first-order valence-corrected chi connectivity index (χ1v) is 9.04. The van der Waals surface area contributed by atoms with E-state index in [9.17, 15) is 9.59 Å². The Labute approximate surface area is 138 Å². The molecule has 0 spiro atoms. The van der Waals surface area contributed by atoms with E-state index in [1.54, 1.807) is 6.92 Å². The second-order valence-electron chi connectivity index (χ2n) is 8.18. The molecule has 128 valence electrons. The topological polar surface area (TPSA) is 70.6 Å². The highest BCUT2D eigenvalue weighted by Crippen LogP contribution is 2.53. The number of amides is 2. The molecular formula is C18H29N3O2. The predicted octanol–water partition coefficient (Wildman–Crippen LogP) is 2.47. The Morgan fingerprint density at radius 2 is 1.61 bits per heavy atom. The minimum absolute atomic E-state index is 0.0440. The van der Waals surface area contributed by atoms with E-state index in [1.165, 1.54) is 32.1 Å². The summed E-state index contributed by atoms with van der Waals surface area (Å²) < 4.78 is 0. The van der Waals surface area contributed by atoms with Crippen molar-refractivity contribution in [3.05, 3.63) is 0 Å². The molecule has 0 radical (unpaired) electrons. The molecule has 4 aliphatic carbocycles. The summed E-state index contributed by atoms with van der Waals surface area (Å²) in [6, 6.07) is 0.369. The van der Waals surface area contributed by atoms with Gasteiger partial charge in [0.25, 0.3) is 0 Å². The molecule has 0 unspecified atom stereocenters. The highest BCUT2D eigenvalue weighted by Gasteiger charge is 2.48. The minimum Gasteiger partial charge on any atom is -0.352 e. The van der Waals surface area contributed by atoms with Crippen LogP contribution >= 0.6 is 0 Å². The van der Waals surface area contributed by atoms with Gasteiger partial charge in [-0.3, -0.25) is 9.59 Å². The molecule has 0 heterocycles. The number of nitrogens with one attached hydrogen (secondary N) is 2. The van der Waals surface area contributed by atoms with E-state index in [1.807, 2.05) is 13.8 Å². The molecular weight excluding hydrogens is 290 g/mol. The number of carbonyl (C=O) groups is 2. The first kappa shape index (κ1) is 16.5. The lowest BCUT2D eigenvalue weighted by atomic mass is 9.54. The van der Waals surface area contributed by atoms with Gasteiger partial charge in [0.2, 0.25) is 11.8 Å². The van der Waals surface area contributed by atoms with Crippen molar-refractivity contribution in [2.45, 2.75) is 65.3 Å². The van der Waals surface area contributed by atoms with Crippen LogP contribution in [0.1, 0.15) is 59.3 Å². The summed E-state index contributed by atoms with van der Waals surface area (Å²) in [6.07, 6.45) is 6.89. The van der Waals surface area contributed by atoms with Crippen LogP contribution in [0.25, 0.3) is 0 Å². The van der Waals surface area contributed by atoms with Gasteiger partial charge in [-0.1, -0.05) is 13.8 Å². The summed E-state index contributed by atoms with van der Waals surface area (Å²) in [5, 5.41) is 7.30. The Hall–Kier alpha value is -1.39. The normalized spacial score (nSPS) is 35.5. The molecule has 0 aromatic rings. The molecule has 2 N–H and O–H groups in total. The van der Waals surface area contributed by atoms with Gasteiger partial charge in [0, 0.05) is 17.7 Å². The van der Waals surface area contributed by atoms with Gasteiger partial charge >= 0.3 is 0 Å². The zero-order chi connectivity index (χ0) is 16.6. The average molecular weight is 319 g/mol. The van der Waals surface area contributed by atoms with Crippen molar-refractivity contribution in [2.24, 2.45) is 34.7 Å². The maximum Gasteiger partial charge on any atom is 0.242 e. The highest BCUT2D eigenvalue weighted by molar-refractivity contribution is 6.00. The SMILES string of the molecule is CC(CC(=O)NC1C2CC3CC(C2)CC1C3)=NNC(=O)C(C)C. The molecule has 5 heteroatoms. The number of carbonyl (C=O) groups excluding carboxylic acids is 2. The van der Waals surface area contributed by atoms with Gasteiger partial charge in [-0.05, 0) is 62.7 Å². The minimum atomic E-state index is -0.120. The molecule has 0 aromatic carbocycles. The summed E-state index contributed by atoms with van der Waals surface area (Å²) >= 11 is 0. The highest BCUT2D eigenvalue weighted by atomic mass is 16.2. The van der Waals surface area contributed by atoms with Crippen LogP contribution < -0.4 is 10.7 Å². The monoisotopic (exact) mass is 319 g/mol. The third kappa shape index (κ3) is 3.75. The van der Waals surface area contributed by atoms with Gasteiger partial charge in [-0.25, -0.2) is 5.43 Å². The lowest BCUT2D eigenvalue weighted by molar-refractivity contribution is -0.125. The summed E-state index contributed by atoms with van der Waals surface area (Å²) in [5.74, 6) is 3.03. The van der Waals surface area contributed by atoms with Crippen molar-refractivity contribution in [2.75, 3.05) is 0 Å². The average Bonchev–Trinajstić information content (AvgIpc) is 2.47. The quantitative estimate of drug-likeness (QED) is 0.603. The molecule has 0 saturated heterocycles. The van der Waals surface area contributed by atoms with Crippen molar-refractivity contribution < 1.29 is 9.59 Å². The largest absolute Gasteiger partial charge is 0.352 e. The molecule has 0 aromatic heterocycles. The maximum absolute atomic E-state index is 12.3. The summed E-state index contributed by atoms with van der Waals surface area (Å²) in [7, 11) is 0. The van der Waals surface area contributed by atoms with E-state index in [0.29, 0.717) is 23.6 Å². The summed E-state index contributed by atoms with van der Waals surface area (Å²) in [6.45, 7) is 5.43. The fraction of sp³-hybridized carbons (Fsp3) is 0.833. The molecule has 23 heavy (non-hydrogen) atoms. The molecule has 4 rings (SSSR count). The van der Waals surface area contributed by atoms with Crippen LogP contribution in [0.4, 0.5) is 0 Å². The van der Waals surface area contributed by atoms with Gasteiger partial charge in [-0.15, -0.1) is 0 Å². The number of rotatable bonds is 5. The first-order chi connectivity index (χ1) is 10.9. The Balaban J connectivity index is 1.50. The van der Waals surface area contributed by atoms with Crippen LogP contribution in [-0.2, 0) is 9.59 Å². The van der Waals surface area contributed by atoms with E-state index < -0.39 is 0 Å². The molecule has 2 amide bonds. The fourth-order valence-corrected chi connectivity index (χ4v) is 4.95. The number of nitrogens with zero attached hydrogens (tertiary/aromatic N) is 1. The van der Waals surface area contributed by atoms with Gasteiger partial charge in [0.15, 0.2) is 0 Å². The molecule has 4 bridgehead atoms. The van der Waals surface area contributed by atoms with E-state index in [4.69, 9.17) is 0 Å². The molecule has 0 aliphatic heterocycles. The van der Waals surface area contributed by atoms with E-state index in [-0.39, 0.29) is 24.2 Å². The molecule has 4 aliphatic rings. The van der Waals surface area contributed by atoms with Crippen LogP contribution in [0, 0.1) is 29.6 Å². The van der Waals surface area contributed by atoms with Gasteiger partial charge < -0.3 is 5.32 Å². The van der Waals surface area contributed by atoms with Crippen molar-refractivity contribution in [3.8, 4) is 0 Å². The lowest BCUT2D eigenvalue weighted by Gasteiger charge is -2.54. The van der Waals surface area contributed by atoms with Gasteiger partial charge in [-0.2, -0.15) is 5.10 Å². The van der Waals surface area contributed by atoms with Crippen LogP contribution in [0.5, 0.6) is 0 Å². The number of hydrogen-bond acceptors (Lipinski definition) is 3. The van der Waals surface area contributed by atoms with E-state index >= 15 is 0 Å². The van der Waals surface area contributed by atoms with Gasteiger partial charge in [0.05, 0.1) is 6.42 Å². The van der Waals surface area contributed by atoms with Crippen molar-refractivity contribution in [1.82, 2.24) is 10.7 Å². The zero-order valence-corrected chi connectivity index (χ0v) is 14.5. The van der Waals surface area contributed by atoms with Crippen LogP contribution in [0.3, 0.4) is 0 Å². The third-order valence-electron chi connectivity index (χ3n) is 5.85.